The Labute approximate surface area is 205 Å². The van der Waals surface area contributed by atoms with Crippen LogP contribution in [-0.2, 0) is 22.3 Å². The fourth-order valence-electron chi connectivity index (χ4n) is 3.75. The molecule has 0 saturated carbocycles. The van der Waals surface area contributed by atoms with Crippen LogP contribution in [0.15, 0.2) is 29.3 Å². The lowest BCUT2D eigenvalue weighted by Gasteiger charge is -2.20. The fourth-order valence-corrected chi connectivity index (χ4v) is 5.24. The number of hydrogen-bond acceptors (Lipinski definition) is 4. The minimum Gasteiger partial charge on any atom is -0.356 e. The third-order valence-corrected chi connectivity index (χ3v) is 6.71. The van der Waals surface area contributed by atoms with Crippen LogP contribution in [-0.4, -0.2) is 58.5 Å². The van der Waals surface area contributed by atoms with E-state index in [9.17, 15) is 8.42 Å². The van der Waals surface area contributed by atoms with Gasteiger partial charge >= 0.3 is 0 Å². The first-order valence-corrected chi connectivity index (χ1v) is 12.8. The number of nitrogens with zero attached hydrogens (tertiary/aromatic N) is 2. The van der Waals surface area contributed by atoms with Crippen LogP contribution in [0.1, 0.15) is 57.1 Å². The highest BCUT2D eigenvalue weighted by atomic mass is 127. The zero-order valence-electron chi connectivity index (χ0n) is 19.2. The number of nitrogens with one attached hydrogen (secondary N) is 3. The van der Waals surface area contributed by atoms with E-state index in [1.165, 1.54) is 38.8 Å². The van der Waals surface area contributed by atoms with Crippen molar-refractivity contribution < 1.29 is 8.42 Å². The molecule has 0 aliphatic carbocycles. The van der Waals surface area contributed by atoms with Gasteiger partial charge in [0, 0.05) is 26.2 Å². The van der Waals surface area contributed by atoms with Crippen LogP contribution in [0.3, 0.4) is 0 Å². The first-order chi connectivity index (χ1) is 14.4. The molecule has 1 heterocycles. The van der Waals surface area contributed by atoms with Crippen molar-refractivity contribution in [2.24, 2.45) is 4.99 Å². The van der Waals surface area contributed by atoms with Gasteiger partial charge in [-0.3, -0.25) is 4.99 Å². The van der Waals surface area contributed by atoms with E-state index in [0.29, 0.717) is 6.54 Å². The lowest BCUT2D eigenvalue weighted by atomic mass is 10.1. The molecule has 0 aromatic heterocycles. The number of sulfonamides is 1. The van der Waals surface area contributed by atoms with E-state index in [0.717, 1.165) is 36.6 Å². The molecule has 1 saturated heterocycles. The molecule has 178 valence electrons. The van der Waals surface area contributed by atoms with Gasteiger partial charge in [0.15, 0.2) is 5.96 Å². The van der Waals surface area contributed by atoms with Gasteiger partial charge in [-0.2, -0.15) is 0 Å². The molecule has 1 aliphatic rings. The van der Waals surface area contributed by atoms with Crippen molar-refractivity contribution in [1.82, 2.24) is 20.3 Å². The molecular formula is C22H40IN5O2S. The largest absolute Gasteiger partial charge is 0.356 e. The fraction of sp³-hybridized carbons (Fsp3) is 0.682. The van der Waals surface area contributed by atoms with Crippen LogP contribution >= 0.6 is 24.0 Å². The van der Waals surface area contributed by atoms with Crippen LogP contribution in [0, 0.1) is 0 Å². The highest BCUT2D eigenvalue weighted by molar-refractivity contribution is 14.0. The zero-order valence-corrected chi connectivity index (χ0v) is 22.3. The van der Waals surface area contributed by atoms with Crippen LogP contribution in [0.25, 0.3) is 0 Å². The molecule has 7 nitrogen and oxygen atoms in total. The summed E-state index contributed by atoms with van der Waals surface area (Å²) in [6.07, 6.45) is 6.44. The second kappa shape index (κ2) is 15.0. The van der Waals surface area contributed by atoms with Crippen LogP contribution in [0.2, 0.25) is 0 Å². The number of guanidine groups is 1. The summed E-state index contributed by atoms with van der Waals surface area (Å²) in [5.41, 5.74) is 1.76. The van der Waals surface area contributed by atoms with Crippen molar-refractivity contribution in [1.29, 1.82) is 0 Å². The summed E-state index contributed by atoms with van der Waals surface area (Å²) in [6, 6.07) is 7.52. The summed E-state index contributed by atoms with van der Waals surface area (Å²) < 4.78 is 27.3. The number of aliphatic imine (C=N–C) groups is 1. The molecule has 31 heavy (non-hydrogen) atoms. The van der Waals surface area contributed by atoms with Crippen molar-refractivity contribution >= 4 is 40.0 Å². The van der Waals surface area contributed by atoms with Crippen molar-refractivity contribution in [3.8, 4) is 0 Å². The Morgan fingerprint density at radius 3 is 2.32 bits per heavy atom. The van der Waals surface area contributed by atoms with E-state index in [1.54, 1.807) is 7.05 Å². The number of halogens is 1. The van der Waals surface area contributed by atoms with Gasteiger partial charge in [0.1, 0.15) is 0 Å². The Morgan fingerprint density at radius 1 is 1.06 bits per heavy atom. The third kappa shape index (κ3) is 11.5. The molecule has 2 rings (SSSR count). The predicted molar refractivity (Wildman–Crippen MR) is 140 cm³/mol. The van der Waals surface area contributed by atoms with E-state index in [4.69, 9.17) is 0 Å². The molecule has 0 unspecified atom stereocenters. The molecule has 0 spiro atoms. The van der Waals surface area contributed by atoms with Gasteiger partial charge in [-0.25, -0.2) is 13.1 Å². The highest BCUT2D eigenvalue weighted by Gasteiger charge is 2.15. The minimum atomic E-state index is -3.36. The average molecular weight is 566 g/mol. The second-order valence-corrected chi connectivity index (χ2v) is 10.0. The lowest BCUT2D eigenvalue weighted by molar-refractivity contribution is 0.282. The van der Waals surface area contributed by atoms with Crippen molar-refractivity contribution in [2.45, 2.75) is 64.3 Å². The average Bonchev–Trinajstić information content (AvgIpc) is 2.96. The van der Waals surface area contributed by atoms with E-state index in [1.807, 2.05) is 38.1 Å². The minimum absolute atomic E-state index is 0. The monoisotopic (exact) mass is 565 g/mol. The standard InChI is InChI=1S/C22H39N5O2S.HI/c1-19(2)26-30(28,29)18-21-12-7-6-11-20(21)17-25-22(23-3)24-13-10-16-27-14-8-4-5-9-15-27;/h6-7,11-12,19,26H,4-5,8-10,13-18H2,1-3H3,(H2,23,24,25);1H. The maximum absolute atomic E-state index is 12.3. The Morgan fingerprint density at radius 2 is 1.71 bits per heavy atom. The Bertz CT molecular complexity index is 763. The number of likely N-dealkylation sites (tertiary alicyclic amines) is 1. The van der Waals surface area contributed by atoms with Gasteiger partial charge in [-0.1, -0.05) is 37.1 Å². The van der Waals surface area contributed by atoms with Crippen LogP contribution < -0.4 is 15.4 Å². The summed E-state index contributed by atoms with van der Waals surface area (Å²) in [6.45, 7) is 8.61. The first kappa shape index (κ1) is 28.1. The van der Waals surface area contributed by atoms with Gasteiger partial charge in [0.2, 0.25) is 10.0 Å². The van der Waals surface area contributed by atoms with Gasteiger partial charge in [0.05, 0.1) is 5.75 Å². The maximum Gasteiger partial charge on any atom is 0.216 e. The molecule has 1 aromatic rings. The summed E-state index contributed by atoms with van der Waals surface area (Å²) >= 11 is 0. The normalized spacial score (nSPS) is 15.9. The zero-order chi connectivity index (χ0) is 21.8. The van der Waals surface area contributed by atoms with E-state index < -0.39 is 10.0 Å². The highest BCUT2D eigenvalue weighted by Crippen LogP contribution is 2.13. The summed E-state index contributed by atoms with van der Waals surface area (Å²) in [5, 5.41) is 6.68. The lowest BCUT2D eigenvalue weighted by Crippen LogP contribution is -2.38. The molecule has 3 N–H and O–H groups in total. The van der Waals surface area contributed by atoms with Gasteiger partial charge in [0.25, 0.3) is 0 Å². The Kier molecular flexibility index (Phi) is 13.6. The molecule has 9 heteroatoms. The molecule has 0 amide bonds. The third-order valence-electron chi connectivity index (χ3n) is 5.19. The van der Waals surface area contributed by atoms with Crippen molar-refractivity contribution in [3.63, 3.8) is 0 Å². The molecular weight excluding hydrogens is 525 g/mol. The molecule has 1 aliphatic heterocycles. The quantitative estimate of drug-likeness (QED) is 0.176. The number of benzene rings is 1. The summed E-state index contributed by atoms with van der Waals surface area (Å²) in [7, 11) is -1.60. The van der Waals surface area contributed by atoms with Gasteiger partial charge in [-0.15, -0.1) is 24.0 Å². The summed E-state index contributed by atoms with van der Waals surface area (Å²) in [5.74, 6) is 0.717. The Balaban J connectivity index is 0.00000480. The molecule has 1 aromatic carbocycles. The molecule has 0 bridgehead atoms. The predicted octanol–water partition coefficient (Wildman–Crippen LogP) is 3.06. The number of hydrogen-bond donors (Lipinski definition) is 3. The van der Waals surface area contributed by atoms with Gasteiger partial charge < -0.3 is 15.5 Å². The number of rotatable bonds is 10. The molecule has 1 fully saturated rings. The van der Waals surface area contributed by atoms with E-state index in [-0.39, 0.29) is 35.8 Å². The smallest absolute Gasteiger partial charge is 0.216 e. The Hall–Kier alpha value is -0.910. The first-order valence-electron chi connectivity index (χ1n) is 11.1. The molecule has 0 atom stereocenters. The molecule has 0 radical (unpaired) electrons. The SMILES string of the molecule is CN=C(NCCCN1CCCCCC1)NCc1ccccc1CS(=O)(=O)NC(C)C.I. The van der Waals surface area contributed by atoms with Gasteiger partial charge in [-0.05, 0) is 63.9 Å². The maximum atomic E-state index is 12.3. The second-order valence-electron chi connectivity index (χ2n) is 8.26. The van der Waals surface area contributed by atoms with Crippen LogP contribution in [0.4, 0.5) is 0 Å². The van der Waals surface area contributed by atoms with Crippen molar-refractivity contribution in [2.75, 3.05) is 33.2 Å². The van der Waals surface area contributed by atoms with E-state index >= 15 is 0 Å². The van der Waals surface area contributed by atoms with Crippen molar-refractivity contribution in [3.05, 3.63) is 35.4 Å². The van der Waals surface area contributed by atoms with E-state index in [2.05, 4.69) is 25.2 Å². The van der Waals surface area contributed by atoms with Crippen LogP contribution in [0.5, 0.6) is 0 Å². The topological polar surface area (TPSA) is 85.8 Å². The summed E-state index contributed by atoms with van der Waals surface area (Å²) in [4.78, 5) is 6.86.